The molecule has 7 nitrogen and oxygen atoms in total. The summed E-state index contributed by atoms with van der Waals surface area (Å²) in [5.41, 5.74) is 1.67. The maximum absolute atomic E-state index is 12.8. The van der Waals surface area contributed by atoms with E-state index in [-0.39, 0.29) is 12.7 Å². The lowest BCUT2D eigenvalue weighted by atomic mass is 10.00. The molecule has 1 amide bonds. The van der Waals surface area contributed by atoms with Gasteiger partial charge in [0.1, 0.15) is 5.82 Å². The quantitative estimate of drug-likeness (QED) is 0.764. The summed E-state index contributed by atoms with van der Waals surface area (Å²) in [4.78, 5) is 17.2. The van der Waals surface area contributed by atoms with Crippen molar-refractivity contribution in [2.45, 2.75) is 25.2 Å². The molecule has 2 aromatic heterocycles. The molecule has 1 saturated carbocycles. The number of pyridine rings is 1. The Morgan fingerprint density at radius 1 is 1.11 bits per heavy atom. The third-order valence-electron chi connectivity index (χ3n) is 4.97. The van der Waals surface area contributed by atoms with Crippen LogP contribution in [0.1, 0.15) is 24.2 Å². The van der Waals surface area contributed by atoms with E-state index in [9.17, 15) is 4.79 Å². The number of amides is 1. The summed E-state index contributed by atoms with van der Waals surface area (Å²) in [6, 6.07) is 12.9. The highest BCUT2D eigenvalue weighted by molar-refractivity contribution is 6.00. The zero-order chi connectivity index (χ0) is 18.4. The summed E-state index contributed by atoms with van der Waals surface area (Å²) in [5.74, 6) is 2.42. The van der Waals surface area contributed by atoms with Gasteiger partial charge in [-0.05, 0) is 50.1 Å². The number of aromatic nitrogens is 2. The third-order valence-corrected chi connectivity index (χ3v) is 4.97. The van der Waals surface area contributed by atoms with E-state index in [1.54, 1.807) is 6.07 Å². The predicted octanol–water partition coefficient (Wildman–Crippen LogP) is 3.44. The second kappa shape index (κ2) is 5.84. The van der Waals surface area contributed by atoms with Gasteiger partial charge in [0.15, 0.2) is 17.3 Å². The van der Waals surface area contributed by atoms with Crippen LogP contribution in [0.2, 0.25) is 0 Å². The summed E-state index contributed by atoms with van der Waals surface area (Å²) < 4.78 is 16.2. The second-order valence-corrected chi connectivity index (χ2v) is 6.84. The molecule has 27 heavy (non-hydrogen) atoms. The summed E-state index contributed by atoms with van der Waals surface area (Å²) in [6.07, 6.45) is 1.47. The van der Waals surface area contributed by atoms with Gasteiger partial charge in [-0.15, -0.1) is 0 Å². The van der Waals surface area contributed by atoms with Crippen LogP contribution in [0.3, 0.4) is 0 Å². The van der Waals surface area contributed by atoms with E-state index in [2.05, 4.69) is 15.5 Å². The predicted molar refractivity (Wildman–Crippen MR) is 96.6 cm³/mol. The van der Waals surface area contributed by atoms with Gasteiger partial charge < -0.3 is 19.3 Å². The molecule has 136 valence electrons. The largest absolute Gasteiger partial charge is 0.454 e. The molecule has 0 bridgehead atoms. The molecule has 2 aliphatic rings. The number of fused-ring (bicyclic) bond motifs is 1. The fourth-order valence-electron chi connectivity index (χ4n) is 3.26. The monoisotopic (exact) mass is 363 g/mol. The molecular formula is C20H17N3O4. The van der Waals surface area contributed by atoms with Gasteiger partial charge in [-0.25, -0.2) is 4.98 Å². The number of carbonyl (C=O) groups excluding carboxylic acids is 1. The Balaban J connectivity index is 1.39. The number of benzene rings is 1. The van der Waals surface area contributed by atoms with Gasteiger partial charge >= 0.3 is 0 Å². The first-order chi connectivity index (χ1) is 13.1. The summed E-state index contributed by atoms with van der Waals surface area (Å²) in [7, 11) is 0. The topological polar surface area (TPSA) is 86.5 Å². The number of hydrogen-bond acceptors (Lipinski definition) is 6. The van der Waals surface area contributed by atoms with Crippen LogP contribution in [-0.4, -0.2) is 22.8 Å². The van der Waals surface area contributed by atoms with Crippen molar-refractivity contribution < 1.29 is 18.8 Å². The number of ether oxygens (including phenoxy) is 2. The maximum Gasteiger partial charge on any atom is 0.237 e. The molecule has 1 aromatic carbocycles. The van der Waals surface area contributed by atoms with Crippen molar-refractivity contribution in [3.05, 3.63) is 53.9 Å². The minimum atomic E-state index is -0.649. The van der Waals surface area contributed by atoms with Crippen LogP contribution in [-0.2, 0) is 10.2 Å². The summed E-state index contributed by atoms with van der Waals surface area (Å²) in [5, 5.41) is 7.07. The summed E-state index contributed by atoms with van der Waals surface area (Å²) >= 11 is 0. The van der Waals surface area contributed by atoms with E-state index >= 15 is 0 Å². The zero-order valence-corrected chi connectivity index (χ0v) is 14.7. The zero-order valence-electron chi connectivity index (χ0n) is 14.7. The second-order valence-electron chi connectivity index (χ2n) is 6.84. The van der Waals surface area contributed by atoms with Gasteiger partial charge in [-0.1, -0.05) is 11.2 Å². The van der Waals surface area contributed by atoms with Crippen molar-refractivity contribution in [2.24, 2.45) is 0 Å². The van der Waals surface area contributed by atoms with Gasteiger partial charge in [0.2, 0.25) is 12.7 Å². The molecule has 0 spiro atoms. The minimum Gasteiger partial charge on any atom is -0.454 e. The van der Waals surface area contributed by atoms with Crippen molar-refractivity contribution in [2.75, 3.05) is 12.1 Å². The lowest BCUT2D eigenvalue weighted by Crippen LogP contribution is -2.28. The summed E-state index contributed by atoms with van der Waals surface area (Å²) in [6.45, 7) is 2.11. The van der Waals surface area contributed by atoms with E-state index in [4.69, 9.17) is 14.0 Å². The van der Waals surface area contributed by atoms with E-state index in [0.717, 1.165) is 24.1 Å². The van der Waals surface area contributed by atoms with Crippen molar-refractivity contribution in [3.63, 3.8) is 0 Å². The molecule has 0 unspecified atom stereocenters. The Morgan fingerprint density at radius 2 is 1.96 bits per heavy atom. The number of carbonyl (C=O) groups is 1. The maximum atomic E-state index is 12.8. The van der Waals surface area contributed by atoms with Crippen LogP contribution in [0.15, 0.2) is 47.0 Å². The number of anilines is 1. The van der Waals surface area contributed by atoms with Crippen LogP contribution in [0, 0.1) is 6.92 Å². The Hall–Kier alpha value is -3.35. The molecule has 5 rings (SSSR count). The van der Waals surface area contributed by atoms with Gasteiger partial charge in [0, 0.05) is 17.3 Å². The van der Waals surface area contributed by atoms with Gasteiger partial charge in [0.05, 0.1) is 11.1 Å². The average molecular weight is 363 g/mol. The van der Waals surface area contributed by atoms with Crippen molar-refractivity contribution in [1.29, 1.82) is 0 Å². The third kappa shape index (κ3) is 2.71. The highest BCUT2D eigenvalue weighted by Crippen LogP contribution is 2.49. The Bertz CT molecular complexity index is 1040. The molecule has 1 N–H and O–H groups in total. The highest BCUT2D eigenvalue weighted by Gasteiger charge is 2.54. The van der Waals surface area contributed by atoms with E-state index in [1.165, 1.54) is 0 Å². The van der Waals surface area contributed by atoms with Crippen molar-refractivity contribution in [3.8, 4) is 22.8 Å². The minimum absolute atomic E-state index is 0.105. The van der Waals surface area contributed by atoms with Gasteiger partial charge in [0.25, 0.3) is 0 Å². The molecule has 1 aliphatic heterocycles. The number of nitrogens with one attached hydrogen (secondary N) is 1. The normalized spacial score (nSPS) is 16.2. The molecule has 0 atom stereocenters. The standard InChI is InChI=1S/C20H17N3O4/c1-12-3-2-4-18(21-12)22-19(24)20(7-8-20)17-10-15(27-23-17)13-5-6-14-16(9-13)26-11-25-14/h2-6,9-10H,7-8,11H2,1H3,(H,21,22,24). The number of hydrogen-bond donors (Lipinski definition) is 1. The van der Waals surface area contributed by atoms with Crippen LogP contribution in [0.5, 0.6) is 11.5 Å². The lowest BCUT2D eigenvalue weighted by Gasteiger charge is -2.12. The molecule has 1 aliphatic carbocycles. The molecule has 7 heteroatoms. The fraction of sp³-hybridized carbons (Fsp3) is 0.250. The van der Waals surface area contributed by atoms with Crippen LogP contribution >= 0.6 is 0 Å². The molecule has 0 radical (unpaired) electrons. The van der Waals surface area contributed by atoms with Crippen LogP contribution < -0.4 is 14.8 Å². The molecule has 3 heterocycles. The molecule has 1 fully saturated rings. The average Bonchev–Trinajstić information content (AvgIpc) is 3.11. The molecular weight excluding hydrogens is 346 g/mol. The number of nitrogens with zero attached hydrogens (tertiary/aromatic N) is 2. The Labute approximate surface area is 155 Å². The fourth-order valence-corrected chi connectivity index (χ4v) is 3.26. The highest BCUT2D eigenvalue weighted by atomic mass is 16.7. The van der Waals surface area contributed by atoms with E-state index in [0.29, 0.717) is 28.8 Å². The SMILES string of the molecule is Cc1cccc(NC(=O)C2(c3cc(-c4ccc5c(c4)OCO5)on3)CC2)n1. The molecule has 3 aromatic rings. The van der Waals surface area contributed by atoms with E-state index < -0.39 is 5.41 Å². The first-order valence-corrected chi connectivity index (χ1v) is 8.76. The smallest absolute Gasteiger partial charge is 0.237 e. The Kier molecular flexibility index (Phi) is 3.43. The Morgan fingerprint density at radius 3 is 2.78 bits per heavy atom. The number of rotatable bonds is 4. The lowest BCUT2D eigenvalue weighted by molar-refractivity contribution is -0.118. The van der Waals surface area contributed by atoms with Gasteiger partial charge in [-0.3, -0.25) is 4.79 Å². The van der Waals surface area contributed by atoms with Crippen molar-refractivity contribution in [1.82, 2.24) is 10.1 Å². The number of aryl methyl sites for hydroxylation is 1. The van der Waals surface area contributed by atoms with E-state index in [1.807, 2.05) is 43.3 Å². The molecule has 0 saturated heterocycles. The van der Waals surface area contributed by atoms with Crippen LogP contribution in [0.4, 0.5) is 5.82 Å². The van der Waals surface area contributed by atoms with Crippen LogP contribution in [0.25, 0.3) is 11.3 Å². The first kappa shape index (κ1) is 15.9. The van der Waals surface area contributed by atoms with Crippen molar-refractivity contribution >= 4 is 11.7 Å². The first-order valence-electron chi connectivity index (χ1n) is 8.76. The van der Waals surface area contributed by atoms with Gasteiger partial charge in [-0.2, -0.15) is 0 Å².